The van der Waals surface area contributed by atoms with Crippen LogP contribution >= 0.6 is 11.6 Å². The molecule has 15 heavy (non-hydrogen) atoms. The van der Waals surface area contributed by atoms with Gasteiger partial charge in [-0.1, -0.05) is 36.9 Å². The van der Waals surface area contributed by atoms with Gasteiger partial charge in [0.2, 0.25) is 0 Å². The summed E-state index contributed by atoms with van der Waals surface area (Å²) in [5.41, 5.74) is 0. The van der Waals surface area contributed by atoms with Gasteiger partial charge in [-0.25, -0.2) is 4.98 Å². The van der Waals surface area contributed by atoms with E-state index in [4.69, 9.17) is 11.6 Å². The average molecular weight is 225 g/mol. The van der Waals surface area contributed by atoms with E-state index in [1.165, 1.54) is 32.1 Å². The first kappa shape index (κ1) is 10.7. The van der Waals surface area contributed by atoms with Crippen molar-refractivity contribution in [3.63, 3.8) is 0 Å². The first-order valence-corrected chi connectivity index (χ1v) is 6.00. The molecule has 2 rings (SSSR count). The molecule has 0 N–H and O–H groups in total. The minimum absolute atomic E-state index is 0.579. The average Bonchev–Trinajstić information content (AvgIpc) is 2.29. The summed E-state index contributed by atoms with van der Waals surface area (Å²) in [6, 6.07) is 6.45. The van der Waals surface area contributed by atoms with E-state index < -0.39 is 0 Å². The maximum Gasteiger partial charge on any atom is 0.131 e. The SMILES string of the molecule is CN(c1cccc(Cl)n1)C1CCCCC1. The lowest BCUT2D eigenvalue weighted by atomic mass is 9.94. The molecule has 1 saturated carbocycles. The van der Waals surface area contributed by atoms with Gasteiger partial charge in [-0.2, -0.15) is 0 Å². The van der Waals surface area contributed by atoms with E-state index >= 15 is 0 Å². The predicted octanol–water partition coefficient (Wildman–Crippen LogP) is 3.50. The molecule has 0 unspecified atom stereocenters. The molecule has 0 bridgehead atoms. The van der Waals surface area contributed by atoms with E-state index in [9.17, 15) is 0 Å². The Bertz CT molecular complexity index is 321. The zero-order valence-corrected chi connectivity index (χ0v) is 9.87. The number of pyridine rings is 1. The zero-order chi connectivity index (χ0) is 10.7. The van der Waals surface area contributed by atoms with Crippen molar-refractivity contribution in [2.24, 2.45) is 0 Å². The van der Waals surface area contributed by atoms with Crippen LogP contribution in [0.2, 0.25) is 5.15 Å². The van der Waals surface area contributed by atoms with Crippen LogP contribution in [0.1, 0.15) is 32.1 Å². The summed E-state index contributed by atoms with van der Waals surface area (Å²) in [7, 11) is 2.12. The van der Waals surface area contributed by atoms with E-state index in [1.54, 1.807) is 0 Å². The molecule has 0 spiro atoms. The zero-order valence-electron chi connectivity index (χ0n) is 9.12. The van der Waals surface area contributed by atoms with Crippen molar-refractivity contribution in [1.82, 2.24) is 4.98 Å². The van der Waals surface area contributed by atoms with Gasteiger partial charge in [0.15, 0.2) is 0 Å². The van der Waals surface area contributed by atoms with Gasteiger partial charge in [-0.3, -0.25) is 0 Å². The molecule has 0 radical (unpaired) electrons. The van der Waals surface area contributed by atoms with Crippen LogP contribution in [0.3, 0.4) is 0 Å². The maximum absolute atomic E-state index is 5.89. The lowest BCUT2D eigenvalue weighted by molar-refractivity contribution is 0.426. The van der Waals surface area contributed by atoms with Crippen molar-refractivity contribution in [1.29, 1.82) is 0 Å². The van der Waals surface area contributed by atoms with Crippen LogP contribution in [0, 0.1) is 0 Å². The largest absolute Gasteiger partial charge is 0.357 e. The maximum atomic E-state index is 5.89. The monoisotopic (exact) mass is 224 g/mol. The van der Waals surface area contributed by atoms with Crippen molar-refractivity contribution in [2.75, 3.05) is 11.9 Å². The Hall–Kier alpha value is -0.760. The Morgan fingerprint density at radius 2 is 2.00 bits per heavy atom. The second-order valence-corrected chi connectivity index (χ2v) is 4.61. The molecular formula is C12H17ClN2. The van der Waals surface area contributed by atoms with Gasteiger partial charge in [0.25, 0.3) is 0 Å². The third-order valence-electron chi connectivity index (χ3n) is 3.18. The number of anilines is 1. The second-order valence-electron chi connectivity index (χ2n) is 4.22. The number of hydrogen-bond donors (Lipinski definition) is 0. The summed E-state index contributed by atoms with van der Waals surface area (Å²) < 4.78 is 0. The molecule has 1 aliphatic rings. The Morgan fingerprint density at radius 3 is 2.67 bits per heavy atom. The summed E-state index contributed by atoms with van der Waals surface area (Å²) in [6.07, 6.45) is 6.63. The first-order chi connectivity index (χ1) is 7.27. The van der Waals surface area contributed by atoms with Gasteiger partial charge in [0, 0.05) is 13.1 Å². The fraction of sp³-hybridized carbons (Fsp3) is 0.583. The minimum atomic E-state index is 0.579. The highest BCUT2D eigenvalue weighted by Gasteiger charge is 2.18. The van der Waals surface area contributed by atoms with Gasteiger partial charge >= 0.3 is 0 Å². The van der Waals surface area contributed by atoms with Gasteiger partial charge in [-0.15, -0.1) is 0 Å². The quantitative estimate of drug-likeness (QED) is 0.715. The Kier molecular flexibility index (Phi) is 3.47. The highest BCUT2D eigenvalue weighted by molar-refractivity contribution is 6.29. The molecule has 1 aliphatic carbocycles. The Labute approximate surface area is 96.3 Å². The summed E-state index contributed by atoms with van der Waals surface area (Å²) in [4.78, 5) is 6.61. The topological polar surface area (TPSA) is 16.1 Å². The third kappa shape index (κ3) is 2.63. The van der Waals surface area contributed by atoms with Crippen molar-refractivity contribution in [3.05, 3.63) is 23.4 Å². The second kappa shape index (κ2) is 4.84. The normalized spacial score (nSPS) is 17.7. The number of hydrogen-bond acceptors (Lipinski definition) is 2. The van der Waals surface area contributed by atoms with Crippen LogP contribution in [-0.4, -0.2) is 18.1 Å². The molecular weight excluding hydrogens is 208 g/mol. The molecule has 1 aromatic heterocycles. The molecule has 0 amide bonds. The van der Waals surface area contributed by atoms with Gasteiger partial charge in [-0.05, 0) is 25.0 Å². The summed E-state index contributed by atoms with van der Waals surface area (Å²) in [5.74, 6) is 0.995. The minimum Gasteiger partial charge on any atom is -0.357 e. The van der Waals surface area contributed by atoms with Crippen LogP contribution in [0.4, 0.5) is 5.82 Å². The van der Waals surface area contributed by atoms with Crippen LogP contribution in [0.15, 0.2) is 18.2 Å². The van der Waals surface area contributed by atoms with Crippen LogP contribution < -0.4 is 4.90 Å². The van der Waals surface area contributed by atoms with Crippen molar-refractivity contribution < 1.29 is 0 Å². The van der Waals surface area contributed by atoms with Gasteiger partial charge < -0.3 is 4.90 Å². The summed E-state index contributed by atoms with van der Waals surface area (Å²) >= 11 is 5.89. The number of halogens is 1. The molecule has 0 saturated heterocycles. The lowest BCUT2D eigenvalue weighted by Crippen LogP contribution is -2.33. The van der Waals surface area contributed by atoms with Gasteiger partial charge in [0.05, 0.1) is 0 Å². The van der Waals surface area contributed by atoms with Crippen LogP contribution in [-0.2, 0) is 0 Å². The van der Waals surface area contributed by atoms with E-state index in [2.05, 4.69) is 16.9 Å². The van der Waals surface area contributed by atoms with Gasteiger partial charge in [0.1, 0.15) is 11.0 Å². The van der Waals surface area contributed by atoms with E-state index in [1.807, 2.05) is 18.2 Å². The summed E-state index contributed by atoms with van der Waals surface area (Å²) in [6.45, 7) is 0. The molecule has 1 heterocycles. The standard InChI is InChI=1S/C12H17ClN2/c1-15(10-6-3-2-4-7-10)12-9-5-8-11(13)14-12/h5,8-10H,2-4,6-7H2,1H3. The molecule has 0 aromatic carbocycles. The molecule has 2 nitrogen and oxygen atoms in total. The van der Waals surface area contributed by atoms with Crippen molar-refractivity contribution in [2.45, 2.75) is 38.1 Å². The molecule has 1 fully saturated rings. The fourth-order valence-electron chi connectivity index (χ4n) is 2.25. The fourth-order valence-corrected chi connectivity index (χ4v) is 2.41. The molecule has 0 aliphatic heterocycles. The van der Waals surface area contributed by atoms with Crippen molar-refractivity contribution >= 4 is 17.4 Å². The number of aromatic nitrogens is 1. The molecule has 82 valence electrons. The smallest absolute Gasteiger partial charge is 0.131 e. The Morgan fingerprint density at radius 1 is 1.27 bits per heavy atom. The van der Waals surface area contributed by atoms with E-state index in [-0.39, 0.29) is 0 Å². The first-order valence-electron chi connectivity index (χ1n) is 5.63. The molecule has 3 heteroatoms. The highest BCUT2D eigenvalue weighted by atomic mass is 35.5. The predicted molar refractivity (Wildman–Crippen MR) is 64.5 cm³/mol. The molecule has 1 aromatic rings. The number of rotatable bonds is 2. The molecule has 0 atom stereocenters. The lowest BCUT2D eigenvalue weighted by Gasteiger charge is -2.32. The highest BCUT2D eigenvalue weighted by Crippen LogP contribution is 2.25. The van der Waals surface area contributed by atoms with Crippen molar-refractivity contribution in [3.8, 4) is 0 Å². The number of nitrogens with zero attached hydrogens (tertiary/aromatic N) is 2. The van der Waals surface area contributed by atoms with Crippen LogP contribution in [0.5, 0.6) is 0 Å². The van der Waals surface area contributed by atoms with E-state index in [0.29, 0.717) is 11.2 Å². The summed E-state index contributed by atoms with van der Waals surface area (Å²) in [5, 5.41) is 0.579. The Balaban J connectivity index is 2.08. The van der Waals surface area contributed by atoms with Crippen LogP contribution in [0.25, 0.3) is 0 Å². The third-order valence-corrected chi connectivity index (χ3v) is 3.39. The van der Waals surface area contributed by atoms with E-state index in [0.717, 1.165) is 5.82 Å².